The van der Waals surface area contributed by atoms with Gasteiger partial charge in [0.25, 0.3) is 0 Å². The minimum atomic E-state index is -1.23. The van der Waals surface area contributed by atoms with E-state index >= 15 is 0 Å². The van der Waals surface area contributed by atoms with Crippen LogP contribution < -0.4 is 4.74 Å². The van der Waals surface area contributed by atoms with Crippen LogP contribution in [0.1, 0.15) is 22.2 Å². The fourth-order valence-corrected chi connectivity index (χ4v) is 5.01. The molecule has 1 nitrogen and oxygen atoms in total. The number of rotatable bonds is 6. The second-order valence-electron chi connectivity index (χ2n) is 3.94. The third-order valence-corrected chi connectivity index (χ3v) is 6.38. The van der Waals surface area contributed by atoms with Crippen molar-refractivity contribution in [1.82, 2.24) is 0 Å². The van der Waals surface area contributed by atoms with Gasteiger partial charge in [-0.15, -0.1) is 0 Å². The molecule has 0 saturated carbocycles. The Balaban J connectivity index is 2.32. The number of fused-ring (bicyclic) bond motifs is 1. The van der Waals surface area contributed by atoms with E-state index in [1.165, 1.54) is 26.2 Å². The van der Waals surface area contributed by atoms with E-state index in [-0.39, 0.29) is 0 Å². The first-order valence-electron chi connectivity index (χ1n) is 7.06. The van der Waals surface area contributed by atoms with Gasteiger partial charge in [0.05, 0.1) is 7.11 Å². The van der Waals surface area contributed by atoms with Crippen LogP contribution in [0.3, 0.4) is 0 Å². The van der Waals surface area contributed by atoms with Gasteiger partial charge < -0.3 is 4.74 Å². The second kappa shape index (κ2) is 7.36. The van der Waals surface area contributed by atoms with Crippen molar-refractivity contribution < 1.29 is 7.48 Å². The predicted octanol–water partition coefficient (Wildman–Crippen LogP) is 5.82. The minimum Gasteiger partial charge on any atom is -0.496 e. The van der Waals surface area contributed by atoms with E-state index in [1.54, 1.807) is 24.8 Å². The molecule has 0 heterocycles. The van der Waals surface area contributed by atoms with Crippen molar-refractivity contribution in [2.24, 2.45) is 0 Å². The number of hydrogen-bond donors (Lipinski definition) is 0. The Hall–Kier alpha value is -0.450. The van der Waals surface area contributed by atoms with E-state index in [0.717, 1.165) is 27.8 Å². The van der Waals surface area contributed by atoms with Crippen LogP contribution in [0, 0.1) is 0 Å². The maximum Gasteiger partial charge on any atom is 0.126 e. The highest BCUT2D eigenvalue weighted by Crippen LogP contribution is 2.44. The molecular weight excluding hydrogens is 292 g/mol. The second-order valence-corrected chi connectivity index (χ2v) is 7.89. The summed E-state index contributed by atoms with van der Waals surface area (Å²) in [4.78, 5) is 1.13. The molecule has 4 heteroatoms. The summed E-state index contributed by atoms with van der Waals surface area (Å²) in [6.07, 6.45) is 0.997. The average Bonchev–Trinajstić information content (AvgIpc) is 2.45. The molecule has 0 spiro atoms. The van der Waals surface area contributed by atoms with Gasteiger partial charge in [0.1, 0.15) is 5.75 Å². The SMILES string of the molecule is [2H]C([2H])(C)SSSc1ccc(OC)c2cc(CC)ccc12. The minimum absolute atomic E-state index is 0.883. The summed E-state index contributed by atoms with van der Waals surface area (Å²) in [6, 6.07) is 10.5. The van der Waals surface area contributed by atoms with Gasteiger partial charge in [-0.1, -0.05) is 36.8 Å². The van der Waals surface area contributed by atoms with Crippen LogP contribution in [-0.2, 0) is 6.42 Å². The Kier molecular flexibility index (Phi) is 4.77. The molecule has 2 rings (SSSR count). The summed E-state index contributed by atoms with van der Waals surface area (Å²) in [5.41, 5.74) is 0.0601. The van der Waals surface area contributed by atoms with E-state index in [4.69, 9.17) is 7.48 Å². The van der Waals surface area contributed by atoms with Crippen LogP contribution in [0.5, 0.6) is 5.75 Å². The quantitative estimate of drug-likeness (QED) is 0.621. The lowest BCUT2D eigenvalue weighted by Gasteiger charge is -2.11. The van der Waals surface area contributed by atoms with Gasteiger partial charge in [-0.2, -0.15) is 0 Å². The molecule has 2 aromatic rings. The van der Waals surface area contributed by atoms with E-state index in [9.17, 15) is 0 Å². The highest BCUT2D eigenvalue weighted by molar-refractivity contribution is 9.09. The molecule has 0 N–H and O–H groups in total. The molecule has 0 aliphatic rings. The zero-order valence-electron chi connectivity index (χ0n) is 13.2. The molecule has 0 bridgehead atoms. The molecule has 0 aliphatic carbocycles. The average molecular weight is 313 g/mol. The number of hydrogen-bond acceptors (Lipinski definition) is 4. The lowest BCUT2D eigenvalue weighted by molar-refractivity contribution is 0.419. The third kappa shape index (κ3) is 3.56. The Labute approximate surface area is 129 Å². The maximum absolute atomic E-state index is 7.55. The molecule has 0 radical (unpaired) electrons. The number of benzene rings is 2. The highest BCUT2D eigenvalue weighted by Gasteiger charge is 2.08. The lowest BCUT2D eigenvalue weighted by Crippen LogP contribution is -1.88. The van der Waals surface area contributed by atoms with Crippen molar-refractivity contribution in [3.8, 4) is 5.75 Å². The molecule has 0 unspecified atom stereocenters. The molecule has 0 saturated heterocycles. The normalized spacial score (nSPS) is 13.2. The third-order valence-electron chi connectivity index (χ3n) is 2.87. The van der Waals surface area contributed by atoms with Crippen LogP contribution in [0.4, 0.5) is 0 Å². The monoisotopic (exact) mass is 312 g/mol. The van der Waals surface area contributed by atoms with Crippen molar-refractivity contribution in [3.63, 3.8) is 0 Å². The molecule has 0 atom stereocenters. The molecule has 19 heavy (non-hydrogen) atoms. The van der Waals surface area contributed by atoms with Crippen molar-refractivity contribution in [2.75, 3.05) is 12.8 Å². The molecule has 2 aromatic carbocycles. The van der Waals surface area contributed by atoms with Crippen molar-refractivity contribution in [2.45, 2.75) is 25.2 Å². The van der Waals surface area contributed by atoms with Crippen LogP contribution in [0.15, 0.2) is 35.2 Å². The number of aryl methyl sites for hydroxylation is 1. The van der Waals surface area contributed by atoms with Crippen molar-refractivity contribution in [3.05, 3.63) is 35.9 Å². The van der Waals surface area contributed by atoms with Crippen molar-refractivity contribution >= 4 is 42.2 Å². The molecule has 102 valence electrons. The highest BCUT2D eigenvalue weighted by atomic mass is 33.5. The Morgan fingerprint density at radius 1 is 1.16 bits per heavy atom. The van der Waals surface area contributed by atoms with Crippen LogP contribution in [0.2, 0.25) is 0 Å². The molecule has 0 fully saturated rings. The van der Waals surface area contributed by atoms with E-state index in [2.05, 4.69) is 25.1 Å². The predicted molar refractivity (Wildman–Crippen MR) is 91.5 cm³/mol. The van der Waals surface area contributed by atoms with Gasteiger partial charge in [0, 0.05) is 18.7 Å². The summed E-state index contributed by atoms with van der Waals surface area (Å²) in [5, 5.41) is 2.27. The van der Waals surface area contributed by atoms with Crippen LogP contribution in [-0.4, -0.2) is 12.8 Å². The lowest BCUT2D eigenvalue weighted by atomic mass is 10.0. The molecule has 0 aliphatic heterocycles. The fraction of sp³-hybridized carbons (Fsp3) is 0.333. The molecular formula is C15H18OS3. The summed E-state index contributed by atoms with van der Waals surface area (Å²) < 4.78 is 20.6. The topological polar surface area (TPSA) is 9.23 Å². The first-order valence-corrected chi connectivity index (χ1v) is 9.55. The van der Waals surface area contributed by atoms with Gasteiger partial charge in [-0.3, -0.25) is 0 Å². The first-order chi connectivity index (χ1) is 9.94. The van der Waals surface area contributed by atoms with Crippen LogP contribution in [0.25, 0.3) is 10.8 Å². The Morgan fingerprint density at radius 3 is 2.68 bits per heavy atom. The van der Waals surface area contributed by atoms with Gasteiger partial charge in [0.2, 0.25) is 0 Å². The van der Waals surface area contributed by atoms with Crippen LogP contribution >= 0.6 is 31.4 Å². The maximum atomic E-state index is 7.55. The number of methoxy groups -OCH3 is 1. The van der Waals surface area contributed by atoms with Gasteiger partial charge >= 0.3 is 0 Å². The standard InChI is InChI=1S/C15H18OS3/c1-4-11-6-7-12-13(10-11)14(16-3)8-9-15(12)18-19-17-5-2/h6-10H,4-5H2,1-3H3/i5D2. The molecule has 0 amide bonds. The summed E-state index contributed by atoms with van der Waals surface area (Å²) in [5.74, 6) is 0.883. The van der Waals surface area contributed by atoms with E-state index in [1.807, 2.05) is 12.1 Å². The van der Waals surface area contributed by atoms with Gasteiger partial charge in [0.15, 0.2) is 0 Å². The summed E-state index contributed by atoms with van der Waals surface area (Å²) in [6.45, 7) is 3.72. The van der Waals surface area contributed by atoms with E-state index < -0.39 is 5.70 Å². The zero-order chi connectivity index (χ0) is 15.5. The largest absolute Gasteiger partial charge is 0.496 e. The van der Waals surface area contributed by atoms with Crippen molar-refractivity contribution in [1.29, 1.82) is 0 Å². The molecule has 0 aromatic heterocycles. The van der Waals surface area contributed by atoms with Gasteiger partial charge in [-0.05, 0) is 56.2 Å². The first kappa shape index (κ1) is 12.3. The Morgan fingerprint density at radius 2 is 2.00 bits per heavy atom. The number of ether oxygens (including phenoxy) is 1. The van der Waals surface area contributed by atoms with Gasteiger partial charge in [-0.25, -0.2) is 0 Å². The fourth-order valence-electron chi connectivity index (χ4n) is 1.90. The Bertz CT molecular complexity index is 626. The summed E-state index contributed by atoms with van der Waals surface area (Å²) in [7, 11) is 5.99. The summed E-state index contributed by atoms with van der Waals surface area (Å²) >= 11 is 0. The van der Waals surface area contributed by atoms with E-state index in [0.29, 0.717) is 0 Å². The smallest absolute Gasteiger partial charge is 0.126 e. The zero-order valence-corrected chi connectivity index (χ0v) is 13.7.